The fourth-order valence-corrected chi connectivity index (χ4v) is 4.18. The highest BCUT2D eigenvalue weighted by Crippen LogP contribution is 2.31. The summed E-state index contributed by atoms with van der Waals surface area (Å²) >= 11 is 1.49. The van der Waals surface area contributed by atoms with Crippen LogP contribution in [0.4, 0.5) is 4.39 Å². The second kappa shape index (κ2) is 7.20. The molecule has 2 aromatic carbocycles. The van der Waals surface area contributed by atoms with E-state index in [0.29, 0.717) is 12.0 Å². The molecule has 2 unspecified atom stereocenters. The molecule has 6 heteroatoms. The SMILES string of the molecule is CC1(C(=O)NC(c2ccc(F)cc2)c2cccs2)Cc2ccccc2C(=O)O1. The molecule has 0 spiro atoms. The van der Waals surface area contributed by atoms with E-state index in [2.05, 4.69) is 5.32 Å². The van der Waals surface area contributed by atoms with E-state index in [0.717, 1.165) is 16.0 Å². The molecule has 4 rings (SSSR count). The third-order valence-electron chi connectivity index (χ3n) is 4.87. The van der Waals surface area contributed by atoms with Crippen LogP contribution in [0.5, 0.6) is 0 Å². The van der Waals surface area contributed by atoms with E-state index < -0.39 is 23.5 Å². The number of fused-ring (bicyclic) bond motifs is 1. The molecule has 28 heavy (non-hydrogen) atoms. The van der Waals surface area contributed by atoms with Crippen LogP contribution < -0.4 is 5.32 Å². The van der Waals surface area contributed by atoms with E-state index >= 15 is 0 Å². The number of rotatable bonds is 4. The normalized spacial score (nSPS) is 19.4. The second-order valence-electron chi connectivity index (χ2n) is 6.93. The molecule has 1 aliphatic heterocycles. The molecule has 0 radical (unpaired) electrons. The Morgan fingerprint density at radius 2 is 1.89 bits per heavy atom. The number of thiophene rings is 1. The fourth-order valence-electron chi connectivity index (χ4n) is 3.37. The number of hydrogen-bond donors (Lipinski definition) is 1. The maximum absolute atomic E-state index is 13.3. The van der Waals surface area contributed by atoms with Crippen LogP contribution in [0.25, 0.3) is 0 Å². The third kappa shape index (κ3) is 3.43. The summed E-state index contributed by atoms with van der Waals surface area (Å²) in [5.41, 5.74) is 0.705. The molecule has 0 saturated heterocycles. The molecule has 2 atom stereocenters. The summed E-state index contributed by atoms with van der Waals surface area (Å²) in [6.07, 6.45) is 0.293. The number of carbonyl (C=O) groups excluding carboxylic acids is 2. The maximum atomic E-state index is 13.3. The topological polar surface area (TPSA) is 55.4 Å². The van der Waals surface area contributed by atoms with Crippen LogP contribution in [0.3, 0.4) is 0 Å². The average molecular weight is 395 g/mol. The van der Waals surface area contributed by atoms with Crippen molar-refractivity contribution in [3.05, 3.63) is 93.4 Å². The molecule has 1 aliphatic rings. The van der Waals surface area contributed by atoms with Gasteiger partial charge in [-0.3, -0.25) is 4.79 Å². The van der Waals surface area contributed by atoms with Gasteiger partial charge in [-0.25, -0.2) is 9.18 Å². The predicted octanol–water partition coefficient (Wildman–Crippen LogP) is 4.26. The predicted molar refractivity (Wildman–Crippen MR) is 105 cm³/mol. The summed E-state index contributed by atoms with van der Waals surface area (Å²) in [7, 11) is 0. The number of esters is 1. The Morgan fingerprint density at radius 3 is 2.61 bits per heavy atom. The van der Waals surface area contributed by atoms with Gasteiger partial charge in [0.05, 0.1) is 11.6 Å². The standard InChI is InChI=1S/C22H18FNO3S/c1-22(13-15-5-2-3-6-17(15)20(25)27-22)21(26)24-19(18-7-4-12-28-18)14-8-10-16(23)11-9-14/h2-12,19H,13H2,1H3,(H,24,26). The van der Waals surface area contributed by atoms with Crippen LogP contribution in [0.15, 0.2) is 66.0 Å². The molecule has 0 saturated carbocycles. The Bertz CT molecular complexity index is 1020. The van der Waals surface area contributed by atoms with Crippen molar-refractivity contribution in [2.24, 2.45) is 0 Å². The Morgan fingerprint density at radius 1 is 1.14 bits per heavy atom. The monoisotopic (exact) mass is 395 g/mol. The number of halogens is 1. The number of ether oxygens (including phenoxy) is 1. The number of benzene rings is 2. The van der Waals surface area contributed by atoms with Crippen LogP contribution >= 0.6 is 11.3 Å². The molecular formula is C22H18FNO3S. The molecule has 1 aromatic heterocycles. The van der Waals surface area contributed by atoms with Gasteiger partial charge in [0.15, 0.2) is 5.60 Å². The van der Waals surface area contributed by atoms with Crippen molar-refractivity contribution in [2.45, 2.75) is 25.0 Å². The number of nitrogens with one attached hydrogen (secondary N) is 1. The molecule has 0 aliphatic carbocycles. The van der Waals surface area contributed by atoms with Crippen molar-refractivity contribution in [2.75, 3.05) is 0 Å². The minimum Gasteiger partial charge on any atom is -0.445 e. The van der Waals surface area contributed by atoms with Gasteiger partial charge in [0.2, 0.25) is 0 Å². The third-order valence-corrected chi connectivity index (χ3v) is 5.81. The van der Waals surface area contributed by atoms with E-state index in [9.17, 15) is 14.0 Å². The Hall–Kier alpha value is -2.99. The molecule has 0 fully saturated rings. The summed E-state index contributed by atoms with van der Waals surface area (Å²) in [5.74, 6) is -1.24. The zero-order valence-electron chi connectivity index (χ0n) is 15.1. The molecule has 4 nitrogen and oxygen atoms in total. The lowest BCUT2D eigenvalue weighted by molar-refractivity contribution is -0.140. The summed E-state index contributed by atoms with van der Waals surface area (Å²) in [4.78, 5) is 26.5. The number of carbonyl (C=O) groups is 2. The number of amides is 1. The first-order valence-corrected chi connectivity index (χ1v) is 9.75. The molecule has 1 amide bonds. The lowest BCUT2D eigenvalue weighted by Crippen LogP contribution is -2.52. The van der Waals surface area contributed by atoms with Crippen LogP contribution in [0, 0.1) is 5.82 Å². The van der Waals surface area contributed by atoms with Gasteiger partial charge in [-0.15, -0.1) is 11.3 Å². The van der Waals surface area contributed by atoms with Gasteiger partial charge in [-0.2, -0.15) is 0 Å². The molecule has 3 aromatic rings. The first kappa shape index (κ1) is 18.4. The summed E-state index contributed by atoms with van der Waals surface area (Å²) in [5, 5.41) is 4.90. The summed E-state index contributed by atoms with van der Waals surface area (Å²) in [6, 6.07) is 16.5. The smallest absolute Gasteiger partial charge is 0.339 e. The number of cyclic esters (lactones) is 1. The van der Waals surface area contributed by atoms with Crippen molar-refractivity contribution in [1.29, 1.82) is 0 Å². The van der Waals surface area contributed by atoms with E-state index in [1.165, 1.54) is 23.5 Å². The molecule has 0 bridgehead atoms. The molecule has 142 valence electrons. The van der Waals surface area contributed by atoms with Gasteiger partial charge in [0.1, 0.15) is 5.82 Å². The van der Waals surface area contributed by atoms with E-state index in [1.807, 2.05) is 29.6 Å². The highest BCUT2D eigenvalue weighted by atomic mass is 32.1. The fraction of sp³-hybridized carbons (Fsp3) is 0.182. The van der Waals surface area contributed by atoms with Gasteiger partial charge in [0.25, 0.3) is 5.91 Å². The Kier molecular flexibility index (Phi) is 4.73. The Balaban J connectivity index is 1.63. The van der Waals surface area contributed by atoms with Gasteiger partial charge in [-0.1, -0.05) is 36.4 Å². The molecule has 1 N–H and O–H groups in total. The summed E-state index contributed by atoms with van der Waals surface area (Å²) < 4.78 is 18.9. The van der Waals surface area contributed by atoms with Crippen LogP contribution in [0.1, 0.15) is 39.3 Å². The summed E-state index contributed by atoms with van der Waals surface area (Å²) in [6.45, 7) is 1.62. The lowest BCUT2D eigenvalue weighted by atomic mass is 9.89. The highest BCUT2D eigenvalue weighted by molar-refractivity contribution is 7.10. The van der Waals surface area contributed by atoms with E-state index in [1.54, 1.807) is 31.2 Å². The Labute approximate surface area is 166 Å². The van der Waals surface area contributed by atoms with Crippen molar-refractivity contribution in [1.82, 2.24) is 5.32 Å². The first-order valence-electron chi connectivity index (χ1n) is 8.87. The maximum Gasteiger partial charge on any atom is 0.339 e. The van der Waals surface area contributed by atoms with Gasteiger partial charge >= 0.3 is 5.97 Å². The molecule has 2 heterocycles. The minimum atomic E-state index is -1.32. The van der Waals surface area contributed by atoms with Crippen LogP contribution in [-0.2, 0) is 16.0 Å². The number of hydrogen-bond acceptors (Lipinski definition) is 4. The van der Waals surface area contributed by atoms with Crippen molar-refractivity contribution in [3.8, 4) is 0 Å². The van der Waals surface area contributed by atoms with E-state index in [-0.39, 0.29) is 5.82 Å². The van der Waals surface area contributed by atoms with Crippen LogP contribution in [0.2, 0.25) is 0 Å². The van der Waals surface area contributed by atoms with Crippen molar-refractivity contribution < 1.29 is 18.7 Å². The van der Waals surface area contributed by atoms with Gasteiger partial charge in [0, 0.05) is 11.3 Å². The average Bonchev–Trinajstić information content (AvgIpc) is 3.21. The van der Waals surface area contributed by atoms with Gasteiger partial charge < -0.3 is 10.1 Å². The quantitative estimate of drug-likeness (QED) is 0.672. The largest absolute Gasteiger partial charge is 0.445 e. The highest BCUT2D eigenvalue weighted by Gasteiger charge is 2.43. The minimum absolute atomic E-state index is 0.293. The first-order chi connectivity index (χ1) is 13.5. The van der Waals surface area contributed by atoms with Gasteiger partial charge in [-0.05, 0) is 47.7 Å². The zero-order chi connectivity index (χ0) is 19.7. The van der Waals surface area contributed by atoms with Crippen molar-refractivity contribution >= 4 is 23.2 Å². The lowest BCUT2D eigenvalue weighted by Gasteiger charge is -2.34. The molecular weight excluding hydrogens is 377 g/mol. The van der Waals surface area contributed by atoms with E-state index in [4.69, 9.17) is 4.74 Å². The van der Waals surface area contributed by atoms with Crippen LogP contribution in [-0.4, -0.2) is 17.5 Å². The zero-order valence-corrected chi connectivity index (χ0v) is 16.0. The van der Waals surface area contributed by atoms with Crippen molar-refractivity contribution in [3.63, 3.8) is 0 Å². The second-order valence-corrected chi connectivity index (χ2v) is 7.91.